The zero-order valence-corrected chi connectivity index (χ0v) is 11.4. The van der Waals surface area contributed by atoms with Crippen molar-refractivity contribution in [1.29, 1.82) is 0 Å². The molecule has 6 N–H and O–H groups in total. The highest BCUT2D eigenvalue weighted by atomic mass is 16.4. The quantitative estimate of drug-likeness (QED) is 0.453. The summed E-state index contributed by atoms with van der Waals surface area (Å²) in [7, 11) is 0. The fourth-order valence-electron chi connectivity index (χ4n) is 2.39. The number of hydrogen-bond acceptors (Lipinski definition) is 5. The van der Waals surface area contributed by atoms with Crippen molar-refractivity contribution in [1.82, 2.24) is 9.80 Å². The highest BCUT2D eigenvalue weighted by Gasteiger charge is 2.44. The van der Waals surface area contributed by atoms with Gasteiger partial charge in [0.25, 0.3) is 0 Å². The second-order valence-corrected chi connectivity index (χ2v) is 4.79. The molecule has 1 fully saturated rings. The zero-order chi connectivity index (χ0) is 16.3. The molecule has 0 aromatic rings. The van der Waals surface area contributed by atoms with Gasteiger partial charge in [0, 0.05) is 26.6 Å². The van der Waals surface area contributed by atoms with Gasteiger partial charge in [0.1, 0.15) is 12.0 Å². The molecule has 1 rings (SSSR count). The molecule has 0 radical (unpaired) electrons. The number of carbonyl (C=O) groups is 4. The van der Waals surface area contributed by atoms with Crippen LogP contribution in [0.15, 0.2) is 0 Å². The van der Waals surface area contributed by atoms with Crippen LogP contribution in [0.3, 0.4) is 0 Å². The van der Waals surface area contributed by atoms with Gasteiger partial charge >= 0.3 is 18.0 Å². The summed E-state index contributed by atoms with van der Waals surface area (Å²) in [4.78, 5) is 47.5. The van der Waals surface area contributed by atoms with E-state index in [0.717, 1.165) is 4.90 Å². The summed E-state index contributed by atoms with van der Waals surface area (Å²) < 4.78 is 0. The molecule has 1 saturated heterocycles. The maximum absolute atomic E-state index is 11.4. The smallest absolute Gasteiger partial charge is 0.321 e. The third-order valence-electron chi connectivity index (χ3n) is 3.52. The van der Waals surface area contributed by atoms with Crippen molar-refractivity contribution in [2.75, 3.05) is 19.6 Å². The van der Waals surface area contributed by atoms with Gasteiger partial charge in [-0.3, -0.25) is 14.4 Å². The largest absolute Gasteiger partial charge is 0.481 e. The van der Waals surface area contributed by atoms with Crippen LogP contribution in [0.1, 0.15) is 6.92 Å². The first-order valence-electron chi connectivity index (χ1n) is 6.19. The molecule has 1 heterocycles. The molecule has 0 spiro atoms. The average molecular weight is 302 g/mol. The van der Waals surface area contributed by atoms with Gasteiger partial charge < -0.3 is 31.5 Å². The number of carbonyl (C=O) groups excluding carboxylic acids is 2. The van der Waals surface area contributed by atoms with Crippen LogP contribution < -0.4 is 11.5 Å². The van der Waals surface area contributed by atoms with E-state index in [4.69, 9.17) is 16.6 Å². The summed E-state index contributed by atoms with van der Waals surface area (Å²) in [6, 6.07) is -3.70. The van der Waals surface area contributed by atoms with E-state index in [1.54, 1.807) is 0 Å². The van der Waals surface area contributed by atoms with E-state index in [0.29, 0.717) is 0 Å². The molecule has 3 amide bonds. The molecule has 1 aliphatic heterocycles. The van der Waals surface area contributed by atoms with Crippen LogP contribution in [-0.4, -0.2) is 75.6 Å². The Hall–Kier alpha value is -2.36. The number of carboxylic acids is 2. The first-order valence-corrected chi connectivity index (χ1v) is 6.19. The van der Waals surface area contributed by atoms with E-state index in [2.05, 4.69) is 0 Å². The molecule has 0 aliphatic carbocycles. The SMILES string of the molecule is CC(=O)N1CCN(C(N)=O)C(C(C(=O)O)[C@H](N)C(=O)O)C1. The Balaban J connectivity index is 3.13. The van der Waals surface area contributed by atoms with E-state index in [9.17, 15) is 24.3 Å². The monoisotopic (exact) mass is 302 g/mol. The average Bonchev–Trinajstić information content (AvgIpc) is 2.37. The molecule has 118 valence electrons. The van der Waals surface area contributed by atoms with Gasteiger partial charge in [-0.1, -0.05) is 0 Å². The van der Waals surface area contributed by atoms with Crippen molar-refractivity contribution in [2.24, 2.45) is 17.4 Å². The third kappa shape index (κ3) is 3.60. The summed E-state index contributed by atoms with van der Waals surface area (Å²) in [5.74, 6) is -4.85. The van der Waals surface area contributed by atoms with Crippen molar-refractivity contribution in [3.63, 3.8) is 0 Å². The third-order valence-corrected chi connectivity index (χ3v) is 3.52. The van der Waals surface area contributed by atoms with E-state index >= 15 is 0 Å². The normalized spacial score (nSPS) is 21.5. The Morgan fingerprint density at radius 2 is 1.71 bits per heavy atom. The lowest BCUT2D eigenvalue weighted by molar-refractivity contribution is -0.154. The standard InChI is InChI=1S/C11H18N4O6/c1-5(16)14-2-3-15(11(13)21)6(4-14)7(9(17)18)8(12)10(19)20/h6-8H,2-4,12H2,1H3,(H2,13,21)(H,17,18)(H,19,20)/t6?,7?,8-/m0/s1. The number of aliphatic carboxylic acids is 2. The predicted octanol–water partition coefficient (Wildman–Crippen LogP) is -2.29. The highest BCUT2D eigenvalue weighted by molar-refractivity contribution is 5.84. The minimum Gasteiger partial charge on any atom is -0.481 e. The van der Waals surface area contributed by atoms with Crippen LogP contribution in [0.4, 0.5) is 4.79 Å². The number of hydrogen-bond donors (Lipinski definition) is 4. The van der Waals surface area contributed by atoms with E-state index in [1.165, 1.54) is 11.8 Å². The molecule has 21 heavy (non-hydrogen) atoms. The van der Waals surface area contributed by atoms with E-state index in [1.807, 2.05) is 0 Å². The second kappa shape index (κ2) is 6.39. The van der Waals surface area contributed by atoms with Gasteiger partial charge in [-0.25, -0.2) is 4.79 Å². The summed E-state index contributed by atoms with van der Waals surface area (Å²) >= 11 is 0. The fourth-order valence-corrected chi connectivity index (χ4v) is 2.39. The van der Waals surface area contributed by atoms with Gasteiger partial charge in [0.2, 0.25) is 5.91 Å². The van der Waals surface area contributed by atoms with Gasteiger partial charge in [-0.15, -0.1) is 0 Å². The van der Waals surface area contributed by atoms with Gasteiger partial charge in [-0.05, 0) is 0 Å². The fraction of sp³-hybridized carbons (Fsp3) is 0.636. The number of rotatable bonds is 4. The molecule has 3 atom stereocenters. The van der Waals surface area contributed by atoms with Gasteiger partial charge in [-0.2, -0.15) is 0 Å². The Morgan fingerprint density at radius 3 is 2.10 bits per heavy atom. The number of carboxylic acid groups (broad SMARTS) is 2. The molecule has 0 saturated carbocycles. The molecular weight excluding hydrogens is 284 g/mol. The minimum absolute atomic E-state index is 0.0235. The van der Waals surface area contributed by atoms with Crippen LogP contribution in [0.25, 0.3) is 0 Å². The van der Waals surface area contributed by atoms with Crippen molar-refractivity contribution < 1.29 is 29.4 Å². The number of primary amides is 1. The van der Waals surface area contributed by atoms with Gasteiger partial charge in [0.15, 0.2) is 0 Å². The van der Waals surface area contributed by atoms with Crippen LogP contribution in [-0.2, 0) is 14.4 Å². The van der Waals surface area contributed by atoms with Gasteiger partial charge in [0.05, 0.1) is 6.04 Å². The molecule has 0 aromatic heterocycles. The summed E-state index contributed by atoms with van der Waals surface area (Å²) in [6.07, 6.45) is 0. The number of urea groups is 1. The molecule has 10 nitrogen and oxygen atoms in total. The number of nitrogens with two attached hydrogens (primary N) is 2. The van der Waals surface area contributed by atoms with Crippen LogP contribution in [0, 0.1) is 5.92 Å². The number of nitrogens with zero attached hydrogens (tertiary/aromatic N) is 2. The lowest BCUT2D eigenvalue weighted by Crippen LogP contribution is -2.64. The number of amides is 3. The van der Waals surface area contributed by atoms with E-state index in [-0.39, 0.29) is 25.5 Å². The maximum atomic E-state index is 11.4. The Bertz CT molecular complexity index is 468. The van der Waals surface area contributed by atoms with Crippen LogP contribution in [0.2, 0.25) is 0 Å². The molecule has 10 heteroatoms. The predicted molar refractivity (Wildman–Crippen MR) is 69.1 cm³/mol. The van der Waals surface area contributed by atoms with Crippen LogP contribution in [0.5, 0.6) is 0 Å². The molecule has 0 bridgehead atoms. The van der Waals surface area contributed by atoms with Crippen molar-refractivity contribution in [3.8, 4) is 0 Å². The molecular formula is C11H18N4O6. The van der Waals surface area contributed by atoms with E-state index < -0.39 is 36.0 Å². The first-order chi connectivity index (χ1) is 9.66. The lowest BCUT2D eigenvalue weighted by atomic mass is 9.89. The highest BCUT2D eigenvalue weighted by Crippen LogP contribution is 2.21. The van der Waals surface area contributed by atoms with Crippen molar-refractivity contribution in [3.05, 3.63) is 0 Å². The lowest BCUT2D eigenvalue weighted by Gasteiger charge is -2.43. The Kier molecular flexibility index (Phi) is 5.08. The minimum atomic E-state index is -1.72. The molecule has 1 aliphatic rings. The summed E-state index contributed by atoms with van der Waals surface area (Å²) in [6.45, 7) is 1.39. The summed E-state index contributed by atoms with van der Waals surface area (Å²) in [5, 5.41) is 18.2. The maximum Gasteiger partial charge on any atom is 0.321 e. The molecule has 0 aromatic carbocycles. The summed E-state index contributed by atoms with van der Waals surface area (Å²) in [5.41, 5.74) is 10.6. The Morgan fingerprint density at radius 1 is 1.14 bits per heavy atom. The van der Waals surface area contributed by atoms with Crippen molar-refractivity contribution in [2.45, 2.75) is 19.0 Å². The van der Waals surface area contributed by atoms with Crippen LogP contribution >= 0.6 is 0 Å². The number of piperazine rings is 1. The topological polar surface area (TPSA) is 167 Å². The first kappa shape index (κ1) is 16.7. The molecule has 2 unspecified atom stereocenters. The Labute approximate surface area is 120 Å². The second-order valence-electron chi connectivity index (χ2n) is 4.79. The van der Waals surface area contributed by atoms with Crippen molar-refractivity contribution >= 4 is 23.9 Å². The zero-order valence-electron chi connectivity index (χ0n) is 11.4.